The fraction of sp³-hybridized carbons (Fsp3) is 0.562. The van der Waals surface area contributed by atoms with Crippen LogP contribution in [0.4, 0.5) is 5.69 Å². The van der Waals surface area contributed by atoms with Gasteiger partial charge < -0.3 is 16.0 Å². The standard InChI is InChI=1S/C16H25N3O/c17-13-14-7-3-4-8-15(14)18-16(20)9-12-19-10-5-1-2-6-11-19/h3-4,7-8H,1-2,5-6,9-13,17H2,(H,18,20). The smallest absolute Gasteiger partial charge is 0.225 e. The molecule has 1 heterocycles. The average Bonchev–Trinajstić information content (AvgIpc) is 2.74. The minimum atomic E-state index is 0.0788. The van der Waals surface area contributed by atoms with Gasteiger partial charge in [-0.05, 0) is 37.6 Å². The van der Waals surface area contributed by atoms with Gasteiger partial charge in [-0.3, -0.25) is 4.79 Å². The van der Waals surface area contributed by atoms with E-state index in [9.17, 15) is 4.79 Å². The van der Waals surface area contributed by atoms with E-state index in [1.54, 1.807) is 0 Å². The molecular formula is C16H25N3O. The average molecular weight is 275 g/mol. The molecule has 3 N–H and O–H groups in total. The first-order valence-corrected chi connectivity index (χ1v) is 7.60. The first-order chi connectivity index (χ1) is 9.79. The molecule has 0 spiro atoms. The molecule has 110 valence electrons. The molecule has 0 aliphatic carbocycles. The van der Waals surface area contributed by atoms with Gasteiger partial charge in [0.05, 0.1) is 0 Å². The number of hydrogen-bond donors (Lipinski definition) is 2. The van der Waals surface area contributed by atoms with Crippen LogP contribution in [0, 0.1) is 0 Å². The molecule has 20 heavy (non-hydrogen) atoms. The molecule has 2 rings (SSSR count). The van der Waals surface area contributed by atoms with Gasteiger partial charge in [0, 0.05) is 25.2 Å². The highest BCUT2D eigenvalue weighted by molar-refractivity contribution is 5.91. The van der Waals surface area contributed by atoms with Crippen molar-refractivity contribution in [1.29, 1.82) is 0 Å². The van der Waals surface area contributed by atoms with Crippen LogP contribution < -0.4 is 11.1 Å². The molecule has 1 aromatic carbocycles. The van der Waals surface area contributed by atoms with Crippen molar-refractivity contribution in [3.63, 3.8) is 0 Å². The Morgan fingerprint density at radius 3 is 2.55 bits per heavy atom. The first kappa shape index (κ1) is 15.0. The number of anilines is 1. The van der Waals surface area contributed by atoms with Gasteiger partial charge in [0.1, 0.15) is 0 Å². The van der Waals surface area contributed by atoms with Crippen LogP contribution in [0.5, 0.6) is 0 Å². The molecule has 1 amide bonds. The van der Waals surface area contributed by atoms with Gasteiger partial charge in [0.15, 0.2) is 0 Å². The minimum Gasteiger partial charge on any atom is -0.326 e. The summed E-state index contributed by atoms with van der Waals surface area (Å²) >= 11 is 0. The Hall–Kier alpha value is -1.39. The second-order valence-electron chi connectivity index (χ2n) is 5.42. The summed E-state index contributed by atoms with van der Waals surface area (Å²) in [7, 11) is 0. The molecule has 0 aromatic heterocycles. The van der Waals surface area contributed by atoms with Gasteiger partial charge in [-0.1, -0.05) is 31.0 Å². The Kier molecular flexibility index (Phi) is 6.02. The molecule has 4 nitrogen and oxygen atoms in total. The quantitative estimate of drug-likeness (QED) is 0.867. The number of nitrogens with two attached hydrogens (primary N) is 1. The Bertz CT molecular complexity index is 425. The number of likely N-dealkylation sites (tertiary alicyclic amines) is 1. The third-order valence-electron chi connectivity index (χ3n) is 3.87. The van der Waals surface area contributed by atoms with E-state index in [1.165, 1.54) is 25.7 Å². The van der Waals surface area contributed by atoms with Gasteiger partial charge in [-0.15, -0.1) is 0 Å². The molecule has 1 aliphatic rings. The zero-order valence-corrected chi connectivity index (χ0v) is 12.1. The predicted molar refractivity (Wildman–Crippen MR) is 82.5 cm³/mol. The fourth-order valence-electron chi connectivity index (χ4n) is 2.65. The summed E-state index contributed by atoms with van der Waals surface area (Å²) in [4.78, 5) is 14.4. The van der Waals surface area contributed by atoms with Crippen LogP contribution in [0.3, 0.4) is 0 Å². The lowest BCUT2D eigenvalue weighted by Gasteiger charge is -2.19. The molecule has 0 unspecified atom stereocenters. The van der Waals surface area contributed by atoms with Crippen LogP contribution in [0.2, 0.25) is 0 Å². The number of nitrogens with zero attached hydrogens (tertiary/aromatic N) is 1. The highest BCUT2D eigenvalue weighted by Crippen LogP contribution is 2.15. The number of nitrogens with one attached hydrogen (secondary N) is 1. The SMILES string of the molecule is NCc1ccccc1NC(=O)CCN1CCCCCC1. The monoisotopic (exact) mass is 275 g/mol. The maximum Gasteiger partial charge on any atom is 0.225 e. The Morgan fingerprint density at radius 1 is 1.15 bits per heavy atom. The Morgan fingerprint density at radius 2 is 1.85 bits per heavy atom. The van der Waals surface area contributed by atoms with E-state index in [0.29, 0.717) is 13.0 Å². The van der Waals surface area contributed by atoms with Gasteiger partial charge in [-0.25, -0.2) is 0 Å². The van der Waals surface area contributed by atoms with Crippen LogP contribution in [0.15, 0.2) is 24.3 Å². The van der Waals surface area contributed by atoms with Crippen molar-refractivity contribution in [2.24, 2.45) is 5.73 Å². The number of para-hydroxylation sites is 1. The normalized spacial score (nSPS) is 16.6. The predicted octanol–water partition coefficient (Wildman–Crippen LogP) is 2.35. The lowest BCUT2D eigenvalue weighted by molar-refractivity contribution is -0.116. The van der Waals surface area contributed by atoms with E-state index in [0.717, 1.165) is 30.9 Å². The molecule has 0 atom stereocenters. The van der Waals surface area contributed by atoms with Crippen molar-refractivity contribution in [1.82, 2.24) is 4.90 Å². The molecule has 0 saturated carbocycles. The number of carbonyl (C=O) groups excluding carboxylic acids is 1. The molecule has 1 aromatic rings. The molecule has 1 aliphatic heterocycles. The van der Waals surface area contributed by atoms with E-state index in [4.69, 9.17) is 5.73 Å². The summed E-state index contributed by atoms with van der Waals surface area (Å²) in [6.45, 7) is 3.57. The third-order valence-corrected chi connectivity index (χ3v) is 3.87. The van der Waals surface area contributed by atoms with Crippen LogP contribution in [-0.4, -0.2) is 30.4 Å². The van der Waals surface area contributed by atoms with Crippen molar-refractivity contribution < 1.29 is 4.79 Å². The number of rotatable bonds is 5. The lowest BCUT2D eigenvalue weighted by Crippen LogP contribution is -2.29. The summed E-state index contributed by atoms with van der Waals surface area (Å²) in [6.07, 6.45) is 5.73. The molecule has 0 radical (unpaired) electrons. The van der Waals surface area contributed by atoms with Crippen molar-refractivity contribution in [3.8, 4) is 0 Å². The highest BCUT2D eigenvalue weighted by atomic mass is 16.1. The van der Waals surface area contributed by atoms with Crippen molar-refractivity contribution >= 4 is 11.6 Å². The molecule has 4 heteroatoms. The summed E-state index contributed by atoms with van der Waals surface area (Å²) in [5, 5.41) is 2.97. The molecule has 1 saturated heterocycles. The van der Waals surface area contributed by atoms with Crippen LogP contribution >= 0.6 is 0 Å². The highest BCUT2D eigenvalue weighted by Gasteiger charge is 2.11. The summed E-state index contributed by atoms with van der Waals surface area (Å²) in [6, 6.07) is 7.72. The number of amides is 1. The second-order valence-corrected chi connectivity index (χ2v) is 5.42. The zero-order chi connectivity index (χ0) is 14.2. The summed E-state index contributed by atoms with van der Waals surface area (Å²) in [5.74, 6) is 0.0788. The molecular weight excluding hydrogens is 250 g/mol. The Balaban J connectivity index is 1.80. The van der Waals surface area contributed by atoms with Crippen LogP contribution in [0.25, 0.3) is 0 Å². The molecule has 1 fully saturated rings. The van der Waals surface area contributed by atoms with Crippen LogP contribution in [0.1, 0.15) is 37.7 Å². The zero-order valence-electron chi connectivity index (χ0n) is 12.1. The lowest BCUT2D eigenvalue weighted by atomic mass is 10.1. The molecule has 0 bridgehead atoms. The van der Waals surface area contributed by atoms with Crippen molar-refractivity contribution in [2.45, 2.75) is 38.6 Å². The van der Waals surface area contributed by atoms with Crippen molar-refractivity contribution in [3.05, 3.63) is 29.8 Å². The summed E-state index contributed by atoms with van der Waals surface area (Å²) < 4.78 is 0. The van der Waals surface area contributed by atoms with E-state index in [-0.39, 0.29) is 5.91 Å². The van der Waals surface area contributed by atoms with Gasteiger partial charge in [-0.2, -0.15) is 0 Å². The minimum absolute atomic E-state index is 0.0788. The van der Waals surface area contributed by atoms with E-state index >= 15 is 0 Å². The largest absolute Gasteiger partial charge is 0.326 e. The second kappa shape index (κ2) is 8.02. The van der Waals surface area contributed by atoms with Crippen LogP contribution in [-0.2, 0) is 11.3 Å². The first-order valence-electron chi connectivity index (χ1n) is 7.60. The third kappa shape index (κ3) is 4.62. The van der Waals surface area contributed by atoms with Crippen molar-refractivity contribution in [2.75, 3.05) is 25.0 Å². The van der Waals surface area contributed by atoms with E-state index in [1.807, 2.05) is 24.3 Å². The maximum absolute atomic E-state index is 12.0. The van der Waals surface area contributed by atoms with E-state index < -0.39 is 0 Å². The maximum atomic E-state index is 12.0. The topological polar surface area (TPSA) is 58.4 Å². The number of hydrogen-bond acceptors (Lipinski definition) is 3. The van der Waals surface area contributed by atoms with Gasteiger partial charge >= 0.3 is 0 Å². The fourth-order valence-corrected chi connectivity index (χ4v) is 2.65. The summed E-state index contributed by atoms with van der Waals surface area (Å²) in [5.41, 5.74) is 7.50. The van der Waals surface area contributed by atoms with E-state index in [2.05, 4.69) is 10.2 Å². The Labute approximate surface area is 121 Å². The number of benzene rings is 1. The van der Waals surface area contributed by atoms with Gasteiger partial charge in [0.25, 0.3) is 0 Å². The number of carbonyl (C=O) groups is 1. The van der Waals surface area contributed by atoms with Gasteiger partial charge in [0.2, 0.25) is 5.91 Å².